The molecule has 9 heteroatoms. The first kappa shape index (κ1) is 29.6. The number of nitrogens with one attached hydrogen (secondary N) is 2. The van der Waals surface area contributed by atoms with Crippen molar-refractivity contribution in [3.8, 4) is 0 Å². The molecule has 2 atom stereocenters. The molecule has 38 heavy (non-hydrogen) atoms. The molecular weight excluding hydrogens is 484 g/mol. The third-order valence-electron chi connectivity index (χ3n) is 7.85. The monoisotopic (exact) mass is 528 g/mol. The van der Waals surface area contributed by atoms with Gasteiger partial charge in [0.2, 0.25) is 18.2 Å². The second-order valence-corrected chi connectivity index (χ2v) is 12.1. The van der Waals surface area contributed by atoms with E-state index in [0.717, 1.165) is 31.2 Å². The van der Waals surface area contributed by atoms with Gasteiger partial charge in [-0.15, -0.1) is 0 Å². The summed E-state index contributed by atoms with van der Waals surface area (Å²) in [5.74, 6) is -0.787. The number of carbonyl (C=O) groups is 4. The molecular formula is C29H44N4O5. The summed E-state index contributed by atoms with van der Waals surface area (Å²) in [5, 5.41) is 16.4. The number of piperidine rings is 1. The lowest BCUT2D eigenvalue weighted by atomic mass is 9.84. The van der Waals surface area contributed by atoms with E-state index in [2.05, 4.69) is 10.6 Å². The van der Waals surface area contributed by atoms with Gasteiger partial charge in [0.15, 0.2) is 0 Å². The normalized spacial score (nSPS) is 18.5. The highest BCUT2D eigenvalue weighted by Crippen LogP contribution is 2.31. The minimum atomic E-state index is -0.747. The fourth-order valence-corrected chi connectivity index (χ4v) is 5.49. The molecule has 1 aromatic rings. The minimum absolute atomic E-state index is 0.0230. The van der Waals surface area contributed by atoms with Gasteiger partial charge >= 0.3 is 0 Å². The Bertz CT molecular complexity index is 960. The molecule has 0 bridgehead atoms. The molecule has 3 N–H and O–H groups in total. The van der Waals surface area contributed by atoms with Gasteiger partial charge in [0.25, 0.3) is 5.91 Å². The highest BCUT2D eigenvalue weighted by Gasteiger charge is 2.39. The second-order valence-electron chi connectivity index (χ2n) is 12.1. The maximum Gasteiger partial charge on any atom is 0.251 e. The fraction of sp³-hybridized carbons (Fsp3) is 0.655. The lowest BCUT2D eigenvalue weighted by Gasteiger charge is -2.39. The number of hydrogen-bond acceptors (Lipinski definition) is 5. The molecule has 0 spiro atoms. The Labute approximate surface area is 226 Å². The van der Waals surface area contributed by atoms with Crippen LogP contribution in [0.1, 0.15) is 81.6 Å². The number of likely N-dealkylation sites (tertiary alicyclic amines) is 1. The number of aryl methyl sites for hydroxylation is 1. The van der Waals surface area contributed by atoms with Gasteiger partial charge in [-0.1, -0.05) is 64.2 Å². The third-order valence-corrected chi connectivity index (χ3v) is 7.85. The standard InChI is InChI=1S/C29H44N4O5/c1-20-9-11-22(12-10-20)26(35)30-24-13-15-32(16-14-24)28(37)25(29(2,3)4)31-27(36)23(18-33(38)19-34)17-21-7-5-6-8-21/h9-12,19,21,23-25,38H,5-8,13-18H2,1-4H3,(H,30,35)(H,31,36)/t23-,25-/m1/s1. The summed E-state index contributed by atoms with van der Waals surface area (Å²) >= 11 is 0. The number of hydroxylamine groups is 2. The van der Waals surface area contributed by atoms with Gasteiger partial charge in [0.1, 0.15) is 6.04 Å². The zero-order chi connectivity index (χ0) is 27.9. The Hall–Kier alpha value is -2.94. The molecule has 1 aliphatic carbocycles. The topological polar surface area (TPSA) is 119 Å². The van der Waals surface area contributed by atoms with Gasteiger partial charge in [-0.3, -0.25) is 24.4 Å². The zero-order valence-electron chi connectivity index (χ0n) is 23.2. The van der Waals surface area contributed by atoms with E-state index in [-0.39, 0.29) is 30.3 Å². The van der Waals surface area contributed by atoms with Crippen molar-refractivity contribution in [3.63, 3.8) is 0 Å². The van der Waals surface area contributed by atoms with E-state index in [1.54, 1.807) is 4.90 Å². The van der Waals surface area contributed by atoms with E-state index < -0.39 is 17.4 Å². The minimum Gasteiger partial charge on any atom is -0.349 e. The van der Waals surface area contributed by atoms with Crippen molar-refractivity contribution in [2.75, 3.05) is 19.6 Å². The summed E-state index contributed by atoms with van der Waals surface area (Å²) in [5.41, 5.74) is 1.17. The van der Waals surface area contributed by atoms with Crippen LogP contribution in [-0.2, 0) is 14.4 Å². The van der Waals surface area contributed by atoms with Crippen LogP contribution >= 0.6 is 0 Å². The molecule has 0 radical (unpaired) electrons. The summed E-state index contributed by atoms with van der Waals surface area (Å²) in [6, 6.07) is 6.67. The van der Waals surface area contributed by atoms with Gasteiger partial charge in [0.05, 0.1) is 12.5 Å². The van der Waals surface area contributed by atoms with Gasteiger partial charge in [-0.25, -0.2) is 5.06 Å². The lowest BCUT2D eigenvalue weighted by Crippen LogP contribution is -2.58. The number of benzene rings is 1. The molecule has 1 aromatic carbocycles. The smallest absolute Gasteiger partial charge is 0.251 e. The molecule has 0 unspecified atom stereocenters. The maximum atomic E-state index is 13.6. The Balaban J connectivity index is 1.60. The van der Waals surface area contributed by atoms with Crippen molar-refractivity contribution in [1.29, 1.82) is 0 Å². The molecule has 2 aliphatic rings. The van der Waals surface area contributed by atoms with Crippen LogP contribution < -0.4 is 10.6 Å². The lowest BCUT2D eigenvalue weighted by molar-refractivity contribution is -0.156. The molecule has 2 fully saturated rings. The number of rotatable bonds is 10. The van der Waals surface area contributed by atoms with Gasteiger partial charge in [0, 0.05) is 24.7 Å². The van der Waals surface area contributed by atoms with Crippen LogP contribution in [0.15, 0.2) is 24.3 Å². The summed E-state index contributed by atoms with van der Waals surface area (Å²) in [6.45, 7) is 8.61. The van der Waals surface area contributed by atoms with E-state index >= 15 is 0 Å². The van der Waals surface area contributed by atoms with E-state index in [9.17, 15) is 24.4 Å². The number of carbonyl (C=O) groups excluding carboxylic acids is 4. The fourth-order valence-electron chi connectivity index (χ4n) is 5.49. The summed E-state index contributed by atoms with van der Waals surface area (Å²) in [4.78, 5) is 52.4. The van der Waals surface area contributed by atoms with E-state index in [1.165, 1.54) is 0 Å². The number of nitrogens with zero attached hydrogens (tertiary/aromatic N) is 2. The highest BCUT2D eigenvalue weighted by atomic mass is 16.5. The molecule has 3 rings (SSSR count). The molecule has 210 valence electrons. The predicted molar refractivity (Wildman–Crippen MR) is 144 cm³/mol. The highest BCUT2D eigenvalue weighted by molar-refractivity contribution is 5.94. The van der Waals surface area contributed by atoms with Crippen LogP contribution in [0, 0.1) is 24.2 Å². The van der Waals surface area contributed by atoms with Crippen LogP contribution in [-0.4, -0.2) is 71.0 Å². The molecule has 1 heterocycles. The van der Waals surface area contributed by atoms with Crippen molar-refractivity contribution in [1.82, 2.24) is 20.6 Å². The SMILES string of the molecule is Cc1ccc(C(=O)NC2CCN(C(=O)[C@@H](NC(=O)[C@H](CC3CCCC3)CN(O)C=O)C(C)(C)C)CC2)cc1. The summed E-state index contributed by atoms with van der Waals surface area (Å²) < 4.78 is 0. The summed E-state index contributed by atoms with van der Waals surface area (Å²) in [7, 11) is 0. The Kier molecular flexibility index (Phi) is 10.3. The quantitative estimate of drug-likeness (QED) is 0.245. The average Bonchev–Trinajstić information content (AvgIpc) is 3.39. The number of amides is 4. The van der Waals surface area contributed by atoms with Crippen LogP contribution in [0.4, 0.5) is 0 Å². The van der Waals surface area contributed by atoms with Crippen molar-refractivity contribution in [3.05, 3.63) is 35.4 Å². The molecule has 0 aromatic heterocycles. The maximum absolute atomic E-state index is 13.6. The molecule has 1 saturated heterocycles. The Morgan fingerprint density at radius 1 is 1.08 bits per heavy atom. The largest absolute Gasteiger partial charge is 0.349 e. The third kappa shape index (κ3) is 8.28. The van der Waals surface area contributed by atoms with Gasteiger partial charge < -0.3 is 15.5 Å². The van der Waals surface area contributed by atoms with Crippen LogP contribution in [0.5, 0.6) is 0 Å². The van der Waals surface area contributed by atoms with E-state index in [4.69, 9.17) is 0 Å². The second kappa shape index (κ2) is 13.2. The van der Waals surface area contributed by atoms with Gasteiger partial charge in [-0.2, -0.15) is 0 Å². The zero-order valence-corrected chi connectivity index (χ0v) is 23.2. The average molecular weight is 529 g/mol. The van der Waals surface area contributed by atoms with Crippen molar-refractivity contribution in [2.45, 2.75) is 84.7 Å². The van der Waals surface area contributed by atoms with Crippen molar-refractivity contribution in [2.24, 2.45) is 17.3 Å². The molecule has 9 nitrogen and oxygen atoms in total. The Morgan fingerprint density at radius 3 is 2.24 bits per heavy atom. The first-order chi connectivity index (χ1) is 18.0. The number of hydrogen-bond donors (Lipinski definition) is 3. The van der Waals surface area contributed by atoms with Crippen molar-refractivity contribution < 1.29 is 24.4 Å². The molecule has 1 saturated carbocycles. The van der Waals surface area contributed by atoms with Crippen LogP contribution in [0.25, 0.3) is 0 Å². The first-order valence-corrected chi connectivity index (χ1v) is 13.9. The van der Waals surface area contributed by atoms with Gasteiger partial charge in [-0.05, 0) is 49.7 Å². The van der Waals surface area contributed by atoms with E-state index in [1.807, 2.05) is 52.0 Å². The van der Waals surface area contributed by atoms with E-state index in [0.29, 0.717) is 55.3 Å². The van der Waals surface area contributed by atoms with Crippen LogP contribution in [0.2, 0.25) is 0 Å². The predicted octanol–water partition coefficient (Wildman–Crippen LogP) is 3.29. The van der Waals surface area contributed by atoms with Crippen LogP contribution in [0.3, 0.4) is 0 Å². The molecule has 1 aliphatic heterocycles. The van der Waals surface area contributed by atoms with Crippen molar-refractivity contribution >= 4 is 24.1 Å². The molecule has 4 amide bonds. The summed E-state index contributed by atoms with van der Waals surface area (Å²) in [6.07, 6.45) is 6.48. The first-order valence-electron chi connectivity index (χ1n) is 13.9. The Morgan fingerprint density at radius 2 is 1.68 bits per heavy atom.